The molecular formula is C14H18FNO3S. The molecule has 0 aliphatic carbocycles. The molecule has 1 amide bonds. The van der Waals surface area contributed by atoms with Gasteiger partial charge in [-0.2, -0.15) is 0 Å². The summed E-state index contributed by atoms with van der Waals surface area (Å²) in [6.07, 6.45) is 0.439. The number of carbonyl (C=O) groups excluding carboxylic acids is 1. The van der Waals surface area contributed by atoms with Crippen LogP contribution in [0.5, 0.6) is 0 Å². The third kappa shape index (κ3) is 3.00. The molecule has 110 valence electrons. The summed E-state index contributed by atoms with van der Waals surface area (Å²) >= 11 is 0. The maximum atomic E-state index is 13.1. The molecular weight excluding hydrogens is 281 g/mol. The van der Waals surface area contributed by atoms with Crippen molar-refractivity contribution in [3.05, 3.63) is 35.1 Å². The number of sulfone groups is 1. The topological polar surface area (TPSA) is 54.5 Å². The van der Waals surface area contributed by atoms with E-state index in [1.54, 1.807) is 18.7 Å². The highest BCUT2D eigenvalue weighted by Gasteiger charge is 2.29. The fraction of sp³-hybridized carbons (Fsp3) is 0.500. The molecule has 1 aliphatic rings. The minimum atomic E-state index is -3.12. The third-order valence-corrected chi connectivity index (χ3v) is 5.98. The van der Waals surface area contributed by atoms with Gasteiger partial charge < -0.3 is 4.90 Å². The fourth-order valence-corrected chi connectivity index (χ4v) is 3.65. The number of nitrogens with zero attached hydrogens (tertiary/aromatic N) is 1. The number of benzene rings is 1. The molecule has 1 aromatic carbocycles. The number of amides is 1. The first-order valence-corrected chi connectivity index (χ1v) is 8.30. The zero-order valence-electron chi connectivity index (χ0n) is 11.6. The standard InChI is InChI=1S/C14H18FNO3S/c1-10-9-12(15)3-4-13(10)14(17)16-6-5-11(2)20(18,19)8-7-16/h3-4,9,11H,5-8H2,1-2H3/t11-/m0/s1. The fourth-order valence-electron chi connectivity index (χ4n) is 2.31. The number of carbonyl (C=O) groups is 1. The van der Waals surface area contributed by atoms with Gasteiger partial charge >= 0.3 is 0 Å². The van der Waals surface area contributed by atoms with Crippen LogP contribution in [-0.2, 0) is 9.84 Å². The Kier molecular flexibility index (Phi) is 4.13. The molecule has 0 aromatic heterocycles. The van der Waals surface area contributed by atoms with E-state index >= 15 is 0 Å². The average molecular weight is 299 g/mol. The highest BCUT2D eigenvalue weighted by atomic mass is 32.2. The lowest BCUT2D eigenvalue weighted by atomic mass is 10.1. The zero-order chi connectivity index (χ0) is 14.9. The summed E-state index contributed by atoms with van der Waals surface area (Å²) < 4.78 is 36.7. The van der Waals surface area contributed by atoms with Gasteiger partial charge in [-0.3, -0.25) is 4.79 Å². The van der Waals surface area contributed by atoms with E-state index in [-0.39, 0.29) is 24.0 Å². The van der Waals surface area contributed by atoms with E-state index in [4.69, 9.17) is 0 Å². The molecule has 1 aliphatic heterocycles. The minimum absolute atomic E-state index is 0.0137. The van der Waals surface area contributed by atoms with E-state index in [9.17, 15) is 17.6 Å². The molecule has 6 heteroatoms. The van der Waals surface area contributed by atoms with E-state index < -0.39 is 15.1 Å². The summed E-state index contributed by atoms with van der Waals surface area (Å²) in [7, 11) is -3.12. The maximum absolute atomic E-state index is 13.1. The average Bonchev–Trinajstić information content (AvgIpc) is 2.49. The normalized spacial score (nSPS) is 22.4. The summed E-state index contributed by atoms with van der Waals surface area (Å²) in [5, 5.41) is -0.422. The molecule has 1 fully saturated rings. The Bertz CT molecular complexity index is 627. The zero-order valence-corrected chi connectivity index (χ0v) is 12.4. The van der Waals surface area contributed by atoms with E-state index in [0.29, 0.717) is 24.1 Å². The van der Waals surface area contributed by atoms with Crippen molar-refractivity contribution in [3.8, 4) is 0 Å². The van der Waals surface area contributed by atoms with Crippen molar-refractivity contribution in [2.45, 2.75) is 25.5 Å². The second-order valence-corrected chi connectivity index (χ2v) is 7.76. The Morgan fingerprint density at radius 2 is 2.05 bits per heavy atom. The molecule has 0 saturated carbocycles. The predicted octanol–water partition coefficient (Wildman–Crippen LogP) is 1.78. The number of hydrogen-bond acceptors (Lipinski definition) is 3. The van der Waals surface area contributed by atoms with E-state index in [0.717, 1.165) is 0 Å². The van der Waals surface area contributed by atoms with Gasteiger partial charge in [0, 0.05) is 18.7 Å². The van der Waals surface area contributed by atoms with Crippen molar-refractivity contribution in [3.63, 3.8) is 0 Å². The maximum Gasteiger partial charge on any atom is 0.254 e. The second-order valence-electron chi connectivity index (χ2n) is 5.22. The Labute approximate surface area is 118 Å². The third-order valence-electron chi connectivity index (χ3n) is 3.77. The molecule has 1 heterocycles. The van der Waals surface area contributed by atoms with E-state index in [1.807, 2.05) is 0 Å². The Balaban J connectivity index is 2.21. The van der Waals surface area contributed by atoms with Crippen molar-refractivity contribution >= 4 is 15.7 Å². The van der Waals surface area contributed by atoms with Crippen LogP contribution in [0.15, 0.2) is 18.2 Å². The lowest BCUT2D eigenvalue weighted by Crippen LogP contribution is -2.34. The first-order valence-electron chi connectivity index (χ1n) is 6.58. The largest absolute Gasteiger partial charge is 0.338 e. The lowest BCUT2D eigenvalue weighted by Gasteiger charge is -2.20. The smallest absolute Gasteiger partial charge is 0.254 e. The van der Waals surface area contributed by atoms with Crippen molar-refractivity contribution < 1.29 is 17.6 Å². The molecule has 1 aromatic rings. The molecule has 4 nitrogen and oxygen atoms in total. The van der Waals surface area contributed by atoms with Gasteiger partial charge in [-0.1, -0.05) is 0 Å². The van der Waals surface area contributed by atoms with Gasteiger partial charge in [-0.05, 0) is 44.0 Å². The van der Waals surface area contributed by atoms with Crippen LogP contribution >= 0.6 is 0 Å². The highest BCUT2D eigenvalue weighted by Crippen LogP contribution is 2.17. The van der Waals surface area contributed by atoms with Gasteiger partial charge in [0.25, 0.3) is 5.91 Å². The van der Waals surface area contributed by atoms with Crippen LogP contribution < -0.4 is 0 Å². The van der Waals surface area contributed by atoms with Gasteiger partial charge in [0.1, 0.15) is 5.82 Å². The van der Waals surface area contributed by atoms with Crippen LogP contribution in [0.4, 0.5) is 4.39 Å². The van der Waals surface area contributed by atoms with Crippen LogP contribution in [0.25, 0.3) is 0 Å². The van der Waals surface area contributed by atoms with Gasteiger partial charge in [-0.15, -0.1) is 0 Å². The van der Waals surface area contributed by atoms with Crippen molar-refractivity contribution in [2.75, 3.05) is 18.8 Å². The molecule has 20 heavy (non-hydrogen) atoms. The quantitative estimate of drug-likeness (QED) is 0.794. The first-order chi connectivity index (χ1) is 9.31. The molecule has 1 atom stereocenters. The SMILES string of the molecule is Cc1cc(F)ccc1C(=O)N1CC[C@H](C)S(=O)(=O)CC1. The van der Waals surface area contributed by atoms with Crippen LogP contribution in [0.2, 0.25) is 0 Å². The molecule has 0 radical (unpaired) electrons. The van der Waals surface area contributed by atoms with Crippen LogP contribution in [0.3, 0.4) is 0 Å². The van der Waals surface area contributed by atoms with E-state index in [2.05, 4.69) is 0 Å². The number of aryl methyl sites for hydroxylation is 1. The van der Waals surface area contributed by atoms with Crippen LogP contribution in [-0.4, -0.2) is 43.3 Å². The van der Waals surface area contributed by atoms with Crippen LogP contribution in [0.1, 0.15) is 29.3 Å². The van der Waals surface area contributed by atoms with Gasteiger partial charge in [0.15, 0.2) is 9.84 Å². The van der Waals surface area contributed by atoms with Gasteiger partial charge in [0.05, 0.1) is 11.0 Å². The summed E-state index contributed by atoms with van der Waals surface area (Å²) in [5.74, 6) is -0.627. The Morgan fingerprint density at radius 1 is 1.35 bits per heavy atom. The van der Waals surface area contributed by atoms with Crippen molar-refractivity contribution in [1.82, 2.24) is 4.90 Å². The number of halogens is 1. The molecule has 0 N–H and O–H groups in total. The number of hydrogen-bond donors (Lipinski definition) is 0. The first kappa shape index (κ1) is 15.0. The lowest BCUT2D eigenvalue weighted by molar-refractivity contribution is 0.0766. The predicted molar refractivity (Wildman–Crippen MR) is 74.9 cm³/mol. The highest BCUT2D eigenvalue weighted by molar-refractivity contribution is 7.92. The van der Waals surface area contributed by atoms with Gasteiger partial charge in [0.2, 0.25) is 0 Å². The van der Waals surface area contributed by atoms with Crippen LogP contribution in [0, 0.1) is 12.7 Å². The molecule has 0 spiro atoms. The molecule has 0 unspecified atom stereocenters. The molecule has 1 saturated heterocycles. The summed E-state index contributed by atoms with van der Waals surface area (Å²) in [5.41, 5.74) is 0.994. The summed E-state index contributed by atoms with van der Waals surface area (Å²) in [6.45, 7) is 3.96. The summed E-state index contributed by atoms with van der Waals surface area (Å²) in [6, 6.07) is 4.01. The van der Waals surface area contributed by atoms with Crippen molar-refractivity contribution in [1.29, 1.82) is 0 Å². The minimum Gasteiger partial charge on any atom is -0.338 e. The van der Waals surface area contributed by atoms with E-state index in [1.165, 1.54) is 18.2 Å². The summed E-state index contributed by atoms with van der Waals surface area (Å²) in [4.78, 5) is 14.0. The Hall–Kier alpha value is -1.43. The molecule has 0 bridgehead atoms. The molecule has 2 rings (SSSR count). The second kappa shape index (κ2) is 5.52. The van der Waals surface area contributed by atoms with Crippen molar-refractivity contribution in [2.24, 2.45) is 0 Å². The monoisotopic (exact) mass is 299 g/mol. The Morgan fingerprint density at radius 3 is 2.70 bits per heavy atom. The van der Waals surface area contributed by atoms with Gasteiger partial charge in [-0.25, -0.2) is 12.8 Å². The number of rotatable bonds is 1.